The Kier molecular flexibility index (Phi) is 4.61. The Balaban J connectivity index is 2.10. The van der Waals surface area contributed by atoms with Gasteiger partial charge in [0.25, 0.3) is 5.91 Å². The molecule has 0 saturated heterocycles. The number of benzene rings is 1. The molecule has 6 nitrogen and oxygen atoms in total. The molecule has 0 saturated carbocycles. The van der Waals surface area contributed by atoms with Crippen LogP contribution in [0.2, 0.25) is 0 Å². The van der Waals surface area contributed by atoms with Crippen LogP contribution in [0.15, 0.2) is 36.5 Å². The van der Waals surface area contributed by atoms with Crippen LogP contribution in [-0.2, 0) is 6.54 Å². The molecule has 0 aliphatic carbocycles. The van der Waals surface area contributed by atoms with E-state index < -0.39 is 0 Å². The van der Waals surface area contributed by atoms with Gasteiger partial charge in [0.15, 0.2) is 5.75 Å². The van der Waals surface area contributed by atoms with Gasteiger partial charge >= 0.3 is 0 Å². The molecule has 2 aromatic rings. The van der Waals surface area contributed by atoms with E-state index in [1.807, 2.05) is 0 Å². The van der Waals surface area contributed by atoms with Gasteiger partial charge < -0.3 is 20.5 Å². The minimum Gasteiger partial charge on any atom is -0.494 e. The van der Waals surface area contributed by atoms with Gasteiger partial charge in [0.1, 0.15) is 0 Å². The van der Waals surface area contributed by atoms with Crippen LogP contribution >= 0.6 is 0 Å². The maximum absolute atomic E-state index is 12.2. The number of hydrogen-bond donors (Lipinski definition) is 2. The second-order valence-corrected chi connectivity index (χ2v) is 4.32. The fourth-order valence-corrected chi connectivity index (χ4v) is 1.91. The van der Waals surface area contributed by atoms with Crippen molar-refractivity contribution in [2.24, 2.45) is 0 Å². The van der Waals surface area contributed by atoms with E-state index in [1.54, 1.807) is 43.6 Å². The summed E-state index contributed by atoms with van der Waals surface area (Å²) in [6.45, 7) is 0.357. The standard InChI is InChI=1S/C15H17N3O3/c1-20-13-8-10(6-7-17-13)9-18-15(19)11-4-3-5-12(16)14(11)21-2/h3-8H,9,16H2,1-2H3,(H,18,19). The number of para-hydroxylation sites is 1. The van der Waals surface area contributed by atoms with E-state index in [4.69, 9.17) is 15.2 Å². The third-order valence-corrected chi connectivity index (χ3v) is 2.96. The minimum atomic E-state index is -0.255. The van der Waals surface area contributed by atoms with Crippen molar-refractivity contribution in [1.82, 2.24) is 10.3 Å². The van der Waals surface area contributed by atoms with Crippen LogP contribution < -0.4 is 20.5 Å². The second-order valence-electron chi connectivity index (χ2n) is 4.32. The van der Waals surface area contributed by atoms with Crippen molar-refractivity contribution in [3.05, 3.63) is 47.7 Å². The normalized spacial score (nSPS) is 10.0. The van der Waals surface area contributed by atoms with Crippen molar-refractivity contribution in [1.29, 1.82) is 0 Å². The number of pyridine rings is 1. The molecule has 0 aliphatic rings. The number of nitrogens with two attached hydrogens (primary N) is 1. The lowest BCUT2D eigenvalue weighted by molar-refractivity contribution is 0.0948. The number of methoxy groups -OCH3 is 2. The lowest BCUT2D eigenvalue weighted by Gasteiger charge is -2.11. The van der Waals surface area contributed by atoms with Crippen LogP contribution in [-0.4, -0.2) is 25.1 Å². The Labute approximate surface area is 122 Å². The van der Waals surface area contributed by atoms with Crippen LogP contribution in [0, 0.1) is 0 Å². The SMILES string of the molecule is COc1cc(CNC(=O)c2cccc(N)c2OC)ccn1. The predicted octanol–water partition coefficient (Wildman–Crippen LogP) is 1.61. The molecule has 110 valence electrons. The topological polar surface area (TPSA) is 86.5 Å². The Bertz CT molecular complexity index is 644. The zero-order valence-electron chi connectivity index (χ0n) is 11.9. The molecule has 1 heterocycles. The molecular weight excluding hydrogens is 270 g/mol. The quantitative estimate of drug-likeness (QED) is 0.816. The number of ether oxygens (including phenoxy) is 2. The number of hydrogen-bond acceptors (Lipinski definition) is 5. The summed E-state index contributed by atoms with van der Waals surface area (Å²) in [6, 6.07) is 8.62. The van der Waals surface area contributed by atoms with Gasteiger partial charge in [-0.1, -0.05) is 6.07 Å². The van der Waals surface area contributed by atoms with Gasteiger partial charge in [-0.2, -0.15) is 0 Å². The molecule has 0 radical (unpaired) electrons. The molecule has 1 aromatic carbocycles. The molecule has 2 rings (SSSR count). The van der Waals surface area contributed by atoms with E-state index in [-0.39, 0.29) is 5.91 Å². The summed E-state index contributed by atoms with van der Waals surface area (Å²) in [4.78, 5) is 16.2. The number of rotatable bonds is 5. The molecular formula is C15H17N3O3. The van der Waals surface area contributed by atoms with E-state index in [0.717, 1.165) is 5.56 Å². The van der Waals surface area contributed by atoms with Crippen LogP contribution in [0.1, 0.15) is 15.9 Å². The lowest BCUT2D eigenvalue weighted by atomic mass is 10.1. The number of nitrogens with zero attached hydrogens (tertiary/aromatic N) is 1. The smallest absolute Gasteiger partial charge is 0.255 e. The molecule has 21 heavy (non-hydrogen) atoms. The number of nitrogens with one attached hydrogen (secondary N) is 1. The average Bonchev–Trinajstić information content (AvgIpc) is 2.52. The van der Waals surface area contributed by atoms with Crippen LogP contribution in [0.4, 0.5) is 5.69 Å². The number of nitrogen functional groups attached to an aromatic ring is 1. The molecule has 6 heteroatoms. The Morgan fingerprint density at radius 3 is 2.81 bits per heavy atom. The highest BCUT2D eigenvalue weighted by molar-refractivity contribution is 5.98. The summed E-state index contributed by atoms with van der Waals surface area (Å²) in [6.07, 6.45) is 1.63. The molecule has 0 spiro atoms. The maximum atomic E-state index is 12.2. The van der Waals surface area contributed by atoms with E-state index in [9.17, 15) is 4.79 Å². The molecule has 1 aromatic heterocycles. The van der Waals surface area contributed by atoms with Crippen molar-refractivity contribution in [2.75, 3.05) is 20.0 Å². The summed E-state index contributed by atoms with van der Waals surface area (Å²) >= 11 is 0. The molecule has 0 fully saturated rings. The largest absolute Gasteiger partial charge is 0.494 e. The third-order valence-electron chi connectivity index (χ3n) is 2.96. The van der Waals surface area contributed by atoms with Gasteiger partial charge in [-0.25, -0.2) is 4.98 Å². The number of carbonyl (C=O) groups is 1. The lowest BCUT2D eigenvalue weighted by Crippen LogP contribution is -2.23. The monoisotopic (exact) mass is 287 g/mol. The van der Waals surface area contributed by atoms with Crippen molar-refractivity contribution < 1.29 is 14.3 Å². The van der Waals surface area contributed by atoms with Crippen molar-refractivity contribution >= 4 is 11.6 Å². The van der Waals surface area contributed by atoms with Crippen molar-refractivity contribution in [3.63, 3.8) is 0 Å². The first-order chi connectivity index (χ1) is 10.2. The predicted molar refractivity (Wildman–Crippen MR) is 79.4 cm³/mol. The summed E-state index contributed by atoms with van der Waals surface area (Å²) < 4.78 is 10.2. The van der Waals surface area contributed by atoms with Gasteiger partial charge in [-0.05, 0) is 23.8 Å². The summed E-state index contributed by atoms with van der Waals surface area (Å²) in [5.74, 6) is 0.625. The first kappa shape index (κ1) is 14.6. The Morgan fingerprint density at radius 1 is 1.29 bits per heavy atom. The Hall–Kier alpha value is -2.76. The van der Waals surface area contributed by atoms with Gasteiger partial charge in [0.05, 0.1) is 25.5 Å². The number of carbonyl (C=O) groups excluding carboxylic acids is 1. The van der Waals surface area contributed by atoms with Crippen LogP contribution in [0.5, 0.6) is 11.6 Å². The highest BCUT2D eigenvalue weighted by Gasteiger charge is 2.14. The fraction of sp³-hybridized carbons (Fsp3) is 0.200. The minimum absolute atomic E-state index is 0.255. The summed E-state index contributed by atoms with van der Waals surface area (Å²) in [7, 11) is 3.03. The first-order valence-electron chi connectivity index (χ1n) is 6.35. The number of anilines is 1. The zero-order chi connectivity index (χ0) is 15.2. The fourth-order valence-electron chi connectivity index (χ4n) is 1.91. The molecule has 0 unspecified atom stereocenters. The molecule has 0 aliphatic heterocycles. The van der Waals surface area contributed by atoms with Crippen LogP contribution in [0.25, 0.3) is 0 Å². The molecule has 0 bridgehead atoms. The van der Waals surface area contributed by atoms with Gasteiger partial charge in [0, 0.05) is 18.8 Å². The van der Waals surface area contributed by atoms with E-state index in [2.05, 4.69) is 10.3 Å². The van der Waals surface area contributed by atoms with Gasteiger partial charge in [-0.15, -0.1) is 0 Å². The average molecular weight is 287 g/mol. The highest BCUT2D eigenvalue weighted by atomic mass is 16.5. The molecule has 3 N–H and O–H groups in total. The molecule has 0 atom stereocenters. The second kappa shape index (κ2) is 6.60. The first-order valence-corrected chi connectivity index (χ1v) is 6.35. The van der Waals surface area contributed by atoms with Crippen molar-refractivity contribution in [2.45, 2.75) is 6.54 Å². The summed E-state index contributed by atoms with van der Waals surface area (Å²) in [5, 5.41) is 2.81. The number of aromatic nitrogens is 1. The van der Waals surface area contributed by atoms with E-state index in [1.165, 1.54) is 7.11 Å². The van der Waals surface area contributed by atoms with Gasteiger partial charge in [0.2, 0.25) is 5.88 Å². The number of amides is 1. The van der Waals surface area contributed by atoms with Crippen LogP contribution in [0.3, 0.4) is 0 Å². The molecule has 1 amide bonds. The van der Waals surface area contributed by atoms with Gasteiger partial charge in [-0.3, -0.25) is 4.79 Å². The van der Waals surface area contributed by atoms with E-state index >= 15 is 0 Å². The van der Waals surface area contributed by atoms with Crippen molar-refractivity contribution in [3.8, 4) is 11.6 Å². The zero-order valence-corrected chi connectivity index (χ0v) is 11.9. The Morgan fingerprint density at radius 2 is 2.10 bits per heavy atom. The highest BCUT2D eigenvalue weighted by Crippen LogP contribution is 2.25. The van der Waals surface area contributed by atoms with E-state index in [0.29, 0.717) is 29.4 Å². The summed E-state index contributed by atoms with van der Waals surface area (Å²) in [5.41, 5.74) is 7.50. The maximum Gasteiger partial charge on any atom is 0.255 e. The third kappa shape index (κ3) is 3.42.